The van der Waals surface area contributed by atoms with Crippen LogP contribution in [0, 0.1) is 6.92 Å². The summed E-state index contributed by atoms with van der Waals surface area (Å²) in [5, 5.41) is 0. The minimum atomic E-state index is -0.118. The molecule has 0 amide bonds. The number of hydrogen-bond donors (Lipinski definition) is 0. The van der Waals surface area contributed by atoms with E-state index in [1.807, 2.05) is 27.7 Å². The summed E-state index contributed by atoms with van der Waals surface area (Å²) in [7, 11) is 0. The maximum absolute atomic E-state index is 5.55. The highest BCUT2D eigenvalue weighted by Gasteiger charge is 2.10. The Balaban J connectivity index is 2.51. The van der Waals surface area contributed by atoms with Crippen molar-refractivity contribution in [3.63, 3.8) is 0 Å². The first-order valence-corrected chi connectivity index (χ1v) is 4.39. The Morgan fingerprint density at radius 2 is 1.92 bits per heavy atom. The van der Waals surface area contributed by atoms with Crippen LogP contribution in [0.1, 0.15) is 32.2 Å². The normalized spacial score (nSPS) is 11.7. The van der Waals surface area contributed by atoms with Gasteiger partial charge in [-0.25, -0.2) is 0 Å². The van der Waals surface area contributed by atoms with Gasteiger partial charge < -0.3 is 4.74 Å². The first-order chi connectivity index (χ1) is 5.97. The van der Waals surface area contributed by atoms with E-state index in [4.69, 9.17) is 4.74 Å². The standard InChI is InChI=1S/C10H16N2O/c1-8-5-12-9(6-11-8)7-13-10(2,3)4/h5-6H,7H2,1-4H3. The Bertz CT molecular complexity index is 261. The third kappa shape index (κ3) is 3.99. The topological polar surface area (TPSA) is 35.0 Å². The molecule has 13 heavy (non-hydrogen) atoms. The van der Waals surface area contributed by atoms with E-state index in [9.17, 15) is 0 Å². The van der Waals surface area contributed by atoms with E-state index in [-0.39, 0.29) is 5.60 Å². The molecule has 3 heteroatoms. The predicted molar refractivity (Wildman–Crippen MR) is 51.3 cm³/mol. The average molecular weight is 180 g/mol. The van der Waals surface area contributed by atoms with Crippen LogP contribution in [0.15, 0.2) is 12.4 Å². The van der Waals surface area contributed by atoms with Crippen LogP contribution >= 0.6 is 0 Å². The monoisotopic (exact) mass is 180 g/mol. The Hall–Kier alpha value is -0.960. The highest BCUT2D eigenvalue weighted by Crippen LogP contribution is 2.09. The summed E-state index contributed by atoms with van der Waals surface area (Å²) in [4.78, 5) is 8.33. The summed E-state index contributed by atoms with van der Waals surface area (Å²) in [6, 6.07) is 0. The molecule has 3 nitrogen and oxygen atoms in total. The SMILES string of the molecule is Cc1cnc(COC(C)(C)C)cn1. The van der Waals surface area contributed by atoms with E-state index >= 15 is 0 Å². The van der Waals surface area contributed by atoms with Crippen molar-refractivity contribution >= 4 is 0 Å². The summed E-state index contributed by atoms with van der Waals surface area (Å²) in [6.45, 7) is 8.51. The molecular weight excluding hydrogens is 164 g/mol. The van der Waals surface area contributed by atoms with Crippen LogP contribution in [0.2, 0.25) is 0 Å². The van der Waals surface area contributed by atoms with Gasteiger partial charge in [0, 0.05) is 6.20 Å². The number of rotatable bonds is 2. The summed E-state index contributed by atoms with van der Waals surface area (Å²) >= 11 is 0. The second kappa shape index (κ2) is 3.83. The van der Waals surface area contributed by atoms with Crippen molar-refractivity contribution in [2.45, 2.75) is 39.9 Å². The molecule has 0 aromatic carbocycles. The van der Waals surface area contributed by atoms with E-state index in [0.717, 1.165) is 11.4 Å². The molecule has 72 valence electrons. The van der Waals surface area contributed by atoms with Gasteiger partial charge in [0.05, 0.1) is 29.8 Å². The largest absolute Gasteiger partial charge is 0.370 e. The highest BCUT2D eigenvalue weighted by molar-refractivity contribution is 4.99. The van der Waals surface area contributed by atoms with Gasteiger partial charge in [-0.05, 0) is 27.7 Å². The van der Waals surface area contributed by atoms with Gasteiger partial charge in [0.2, 0.25) is 0 Å². The molecule has 0 saturated carbocycles. The molecule has 0 unspecified atom stereocenters. The Kier molecular flexibility index (Phi) is 2.98. The van der Waals surface area contributed by atoms with Crippen molar-refractivity contribution in [1.29, 1.82) is 0 Å². The van der Waals surface area contributed by atoms with Crippen LogP contribution in [-0.2, 0) is 11.3 Å². The summed E-state index contributed by atoms with van der Waals surface area (Å²) in [6.07, 6.45) is 3.50. The van der Waals surface area contributed by atoms with Crippen LogP contribution < -0.4 is 0 Å². The van der Waals surface area contributed by atoms with Gasteiger partial charge in [0.1, 0.15) is 0 Å². The van der Waals surface area contributed by atoms with E-state index in [1.54, 1.807) is 12.4 Å². The lowest BCUT2D eigenvalue weighted by Crippen LogP contribution is -2.19. The molecule has 0 bridgehead atoms. The van der Waals surface area contributed by atoms with Crippen LogP contribution in [0.5, 0.6) is 0 Å². The fourth-order valence-electron chi connectivity index (χ4n) is 0.784. The molecule has 1 aromatic rings. The van der Waals surface area contributed by atoms with E-state index in [0.29, 0.717) is 6.61 Å². The second-order valence-electron chi connectivity index (χ2n) is 4.05. The third-order valence-corrected chi connectivity index (χ3v) is 1.49. The lowest BCUT2D eigenvalue weighted by atomic mass is 10.2. The van der Waals surface area contributed by atoms with Crippen molar-refractivity contribution < 1.29 is 4.74 Å². The number of ether oxygens (including phenoxy) is 1. The molecule has 1 heterocycles. The lowest BCUT2D eigenvalue weighted by molar-refractivity contribution is -0.0166. The molecule has 1 aromatic heterocycles. The van der Waals surface area contributed by atoms with Gasteiger partial charge in [-0.1, -0.05) is 0 Å². The average Bonchev–Trinajstić information content (AvgIpc) is 2.02. The molecule has 0 fully saturated rings. The van der Waals surface area contributed by atoms with Crippen LogP contribution in [0.25, 0.3) is 0 Å². The Labute approximate surface area is 79.2 Å². The molecule has 0 spiro atoms. The summed E-state index contributed by atoms with van der Waals surface area (Å²) in [5.74, 6) is 0. The van der Waals surface area contributed by atoms with E-state index in [2.05, 4.69) is 9.97 Å². The number of hydrogen-bond acceptors (Lipinski definition) is 3. The van der Waals surface area contributed by atoms with Crippen LogP contribution in [0.4, 0.5) is 0 Å². The third-order valence-electron chi connectivity index (χ3n) is 1.49. The molecule has 0 saturated heterocycles. The number of aryl methyl sites for hydroxylation is 1. The quantitative estimate of drug-likeness (QED) is 0.699. The number of aromatic nitrogens is 2. The molecule has 1 rings (SSSR count). The highest BCUT2D eigenvalue weighted by atomic mass is 16.5. The maximum atomic E-state index is 5.55. The van der Waals surface area contributed by atoms with Crippen molar-refractivity contribution in [1.82, 2.24) is 9.97 Å². The Morgan fingerprint density at radius 1 is 1.23 bits per heavy atom. The van der Waals surface area contributed by atoms with Gasteiger partial charge in [-0.2, -0.15) is 0 Å². The summed E-state index contributed by atoms with van der Waals surface area (Å²) < 4.78 is 5.55. The summed E-state index contributed by atoms with van der Waals surface area (Å²) in [5.41, 5.74) is 1.69. The zero-order valence-corrected chi connectivity index (χ0v) is 8.66. The van der Waals surface area contributed by atoms with Gasteiger partial charge in [-0.15, -0.1) is 0 Å². The van der Waals surface area contributed by atoms with Gasteiger partial charge in [0.25, 0.3) is 0 Å². The first-order valence-electron chi connectivity index (χ1n) is 4.39. The molecule has 0 atom stereocenters. The molecule has 0 N–H and O–H groups in total. The zero-order valence-electron chi connectivity index (χ0n) is 8.66. The van der Waals surface area contributed by atoms with Crippen LogP contribution in [0.3, 0.4) is 0 Å². The molecule has 0 radical (unpaired) electrons. The lowest BCUT2D eigenvalue weighted by Gasteiger charge is -2.18. The smallest absolute Gasteiger partial charge is 0.0910 e. The zero-order chi connectivity index (χ0) is 9.90. The second-order valence-corrected chi connectivity index (χ2v) is 4.05. The van der Waals surface area contributed by atoms with Crippen molar-refractivity contribution in [2.75, 3.05) is 0 Å². The number of nitrogens with zero attached hydrogens (tertiary/aromatic N) is 2. The van der Waals surface area contributed by atoms with Crippen molar-refractivity contribution in [3.8, 4) is 0 Å². The van der Waals surface area contributed by atoms with E-state index in [1.165, 1.54) is 0 Å². The maximum Gasteiger partial charge on any atom is 0.0910 e. The van der Waals surface area contributed by atoms with Crippen molar-refractivity contribution in [3.05, 3.63) is 23.8 Å². The fraction of sp³-hybridized carbons (Fsp3) is 0.600. The Morgan fingerprint density at radius 3 is 2.38 bits per heavy atom. The van der Waals surface area contributed by atoms with Gasteiger partial charge >= 0.3 is 0 Å². The minimum Gasteiger partial charge on any atom is -0.370 e. The van der Waals surface area contributed by atoms with Crippen LogP contribution in [-0.4, -0.2) is 15.6 Å². The molecular formula is C10H16N2O. The first kappa shape index (κ1) is 10.1. The molecule has 0 aliphatic rings. The molecule has 0 aliphatic carbocycles. The predicted octanol–water partition coefficient (Wildman–Crippen LogP) is 2.10. The minimum absolute atomic E-state index is 0.118. The van der Waals surface area contributed by atoms with Crippen molar-refractivity contribution in [2.24, 2.45) is 0 Å². The van der Waals surface area contributed by atoms with Gasteiger partial charge in [0.15, 0.2) is 0 Å². The fourth-order valence-corrected chi connectivity index (χ4v) is 0.784. The van der Waals surface area contributed by atoms with E-state index < -0.39 is 0 Å². The molecule has 0 aliphatic heterocycles. The van der Waals surface area contributed by atoms with Gasteiger partial charge in [-0.3, -0.25) is 9.97 Å².